The molecule has 2 aromatic carbocycles. The van der Waals surface area contributed by atoms with Crippen LogP contribution in [0.1, 0.15) is 46.8 Å². The van der Waals surface area contributed by atoms with Crippen LogP contribution in [0, 0.1) is 6.92 Å². The Kier molecular flexibility index (Phi) is 6.44. The van der Waals surface area contributed by atoms with Crippen molar-refractivity contribution >= 4 is 17.7 Å². The number of ether oxygens (including phenoxy) is 1. The maximum atomic E-state index is 13.0. The number of rotatable bonds is 9. The van der Waals surface area contributed by atoms with E-state index in [1.54, 1.807) is 22.9 Å². The van der Waals surface area contributed by atoms with Gasteiger partial charge >= 0.3 is 0 Å². The summed E-state index contributed by atoms with van der Waals surface area (Å²) in [4.78, 5) is 41.5. The summed E-state index contributed by atoms with van der Waals surface area (Å²) in [6.45, 7) is 2.93. The predicted molar refractivity (Wildman–Crippen MR) is 120 cm³/mol. The number of fused-ring (bicyclic) bond motifs is 1. The van der Waals surface area contributed by atoms with E-state index in [4.69, 9.17) is 4.74 Å². The third-order valence-electron chi connectivity index (χ3n) is 6.02. The van der Waals surface area contributed by atoms with Crippen LogP contribution in [0.3, 0.4) is 0 Å². The Balaban J connectivity index is 1.26. The van der Waals surface area contributed by atoms with Crippen LogP contribution in [0.15, 0.2) is 48.5 Å². The van der Waals surface area contributed by atoms with Crippen LogP contribution >= 0.6 is 0 Å². The third kappa shape index (κ3) is 4.61. The van der Waals surface area contributed by atoms with Crippen LogP contribution in [0.5, 0.6) is 5.75 Å². The van der Waals surface area contributed by atoms with Crippen LogP contribution in [-0.4, -0.2) is 60.3 Å². The Hall–Kier alpha value is -3.35. The maximum absolute atomic E-state index is 13.0. The average Bonchev–Trinajstić information content (AvgIpc) is 3.59. The molecule has 2 aromatic rings. The second kappa shape index (κ2) is 9.42. The molecule has 1 heterocycles. The molecule has 7 heteroatoms. The van der Waals surface area contributed by atoms with E-state index in [0.717, 1.165) is 29.7 Å². The molecule has 1 unspecified atom stereocenters. The van der Waals surface area contributed by atoms with Gasteiger partial charge in [-0.2, -0.15) is 0 Å². The monoisotopic (exact) mass is 435 g/mol. The predicted octanol–water partition coefficient (Wildman–Crippen LogP) is 2.70. The molecule has 0 saturated heterocycles. The molecule has 32 heavy (non-hydrogen) atoms. The van der Waals surface area contributed by atoms with Crippen LogP contribution < -0.4 is 10.1 Å². The normalized spacial score (nSPS) is 17.1. The minimum absolute atomic E-state index is 0.0969. The molecule has 168 valence electrons. The van der Waals surface area contributed by atoms with Crippen LogP contribution in [0.4, 0.5) is 0 Å². The lowest BCUT2D eigenvalue weighted by Gasteiger charge is -2.25. The first-order valence-corrected chi connectivity index (χ1v) is 11.1. The van der Waals surface area contributed by atoms with Gasteiger partial charge in [0, 0.05) is 25.2 Å². The molecular weight excluding hydrogens is 406 g/mol. The number of nitrogens with zero attached hydrogens (tertiary/aromatic N) is 2. The minimum atomic E-state index is -0.660. The van der Waals surface area contributed by atoms with E-state index < -0.39 is 6.04 Å². The zero-order valence-corrected chi connectivity index (χ0v) is 18.5. The zero-order chi connectivity index (χ0) is 22.7. The molecule has 0 radical (unpaired) electrons. The number of para-hydroxylation sites is 1. The number of likely N-dealkylation sites (N-methyl/N-ethyl adjacent to an activating group) is 1. The standard InChI is InChI=1S/C25H29N3O4/c1-17-8-3-6-11-21(17)32-15-7-14-27(2)22(29)16-26-24(30)23-19-9-4-5-10-20(19)25(31)28(23)18-12-13-18/h3-6,8-11,18,23H,7,12-16H2,1-2H3,(H,26,30). The van der Waals surface area contributed by atoms with E-state index in [9.17, 15) is 14.4 Å². The Morgan fingerprint density at radius 1 is 1.12 bits per heavy atom. The summed E-state index contributed by atoms with van der Waals surface area (Å²) in [6.07, 6.45) is 2.51. The van der Waals surface area contributed by atoms with Crippen molar-refractivity contribution in [2.45, 2.75) is 38.3 Å². The van der Waals surface area contributed by atoms with E-state index in [0.29, 0.717) is 25.1 Å². The maximum Gasteiger partial charge on any atom is 0.255 e. The molecule has 2 aliphatic rings. The Labute approximate surface area is 188 Å². The summed E-state index contributed by atoms with van der Waals surface area (Å²) < 4.78 is 5.77. The summed E-state index contributed by atoms with van der Waals surface area (Å²) >= 11 is 0. The number of nitrogens with one attached hydrogen (secondary N) is 1. The summed E-state index contributed by atoms with van der Waals surface area (Å²) in [5, 5.41) is 2.75. The fourth-order valence-corrected chi connectivity index (χ4v) is 4.05. The van der Waals surface area contributed by atoms with Crippen LogP contribution in [-0.2, 0) is 9.59 Å². The highest BCUT2D eigenvalue weighted by Gasteiger charge is 2.47. The lowest BCUT2D eigenvalue weighted by atomic mass is 10.0. The lowest BCUT2D eigenvalue weighted by molar-refractivity contribution is -0.133. The second-order valence-corrected chi connectivity index (χ2v) is 8.43. The summed E-state index contributed by atoms with van der Waals surface area (Å²) in [5.74, 6) is 0.269. The van der Waals surface area contributed by atoms with Gasteiger partial charge in [0.2, 0.25) is 11.8 Å². The third-order valence-corrected chi connectivity index (χ3v) is 6.02. The van der Waals surface area contributed by atoms with Crippen molar-refractivity contribution in [3.05, 3.63) is 65.2 Å². The van der Waals surface area contributed by atoms with Crippen molar-refractivity contribution in [3.8, 4) is 5.75 Å². The lowest BCUT2D eigenvalue weighted by Crippen LogP contribution is -2.44. The molecule has 1 atom stereocenters. The van der Waals surface area contributed by atoms with Crippen molar-refractivity contribution < 1.29 is 19.1 Å². The summed E-state index contributed by atoms with van der Waals surface area (Å²) in [6, 6.07) is 14.5. The Morgan fingerprint density at radius 3 is 2.59 bits per heavy atom. The first-order chi connectivity index (χ1) is 15.5. The molecule has 4 rings (SSSR count). The Bertz CT molecular complexity index is 1020. The minimum Gasteiger partial charge on any atom is -0.493 e. The van der Waals surface area contributed by atoms with E-state index >= 15 is 0 Å². The smallest absolute Gasteiger partial charge is 0.255 e. The van der Waals surface area contributed by atoms with Gasteiger partial charge in [-0.15, -0.1) is 0 Å². The number of aryl methyl sites for hydroxylation is 1. The molecular formula is C25H29N3O4. The zero-order valence-electron chi connectivity index (χ0n) is 18.5. The molecule has 3 amide bonds. The highest BCUT2D eigenvalue weighted by Crippen LogP contribution is 2.41. The number of amides is 3. The first kappa shape index (κ1) is 21.9. The van der Waals surface area contributed by atoms with E-state index in [-0.39, 0.29) is 30.3 Å². The number of hydrogen-bond acceptors (Lipinski definition) is 4. The van der Waals surface area contributed by atoms with Crippen molar-refractivity contribution in [2.24, 2.45) is 0 Å². The van der Waals surface area contributed by atoms with Crippen molar-refractivity contribution in [2.75, 3.05) is 26.7 Å². The highest BCUT2D eigenvalue weighted by molar-refractivity contribution is 6.05. The SMILES string of the molecule is Cc1ccccc1OCCCN(C)C(=O)CNC(=O)C1c2ccccc2C(=O)N1C1CC1. The molecule has 1 N–H and O–H groups in total. The molecule has 1 aliphatic carbocycles. The summed E-state index contributed by atoms with van der Waals surface area (Å²) in [7, 11) is 1.72. The number of benzene rings is 2. The summed E-state index contributed by atoms with van der Waals surface area (Å²) in [5.41, 5.74) is 2.37. The molecule has 0 spiro atoms. The topological polar surface area (TPSA) is 79.0 Å². The van der Waals surface area contributed by atoms with Crippen molar-refractivity contribution in [1.82, 2.24) is 15.1 Å². The highest BCUT2D eigenvalue weighted by atomic mass is 16.5. The van der Waals surface area contributed by atoms with Gasteiger partial charge in [-0.25, -0.2) is 0 Å². The first-order valence-electron chi connectivity index (χ1n) is 11.1. The van der Waals surface area contributed by atoms with Crippen molar-refractivity contribution in [3.63, 3.8) is 0 Å². The molecule has 0 bridgehead atoms. The van der Waals surface area contributed by atoms with Gasteiger partial charge in [-0.05, 0) is 49.4 Å². The molecule has 1 aliphatic heterocycles. The van der Waals surface area contributed by atoms with Gasteiger partial charge in [-0.3, -0.25) is 14.4 Å². The number of carbonyl (C=O) groups is 3. The van der Waals surface area contributed by atoms with Gasteiger partial charge in [0.25, 0.3) is 5.91 Å². The fourth-order valence-electron chi connectivity index (χ4n) is 4.05. The fraction of sp³-hybridized carbons (Fsp3) is 0.400. The molecule has 1 fully saturated rings. The molecule has 7 nitrogen and oxygen atoms in total. The van der Waals surface area contributed by atoms with E-state index in [1.807, 2.05) is 49.4 Å². The van der Waals surface area contributed by atoms with Gasteiger partial charge in [0.05, 0.1) is 13.2 Å². The largest absolute Gasteiger partial charge is 0.493 e. The second-order valence-electron chi connectivity index (χ2n) is 8.43. The average molecular weight is 436 g/mol. The van der Waals surface area contributed by atoms with Crippen LogP contribution in [0.25, 0.3) is 0 Å². The van der Waals surface area contributed by atoms with Gasteiger partial charge in [0.1, 0.15) is 11.8 Å². The van der Waals surface area contributed by atoms with Crippen LogP contribution in [0.2, 0.25) is 0 Å². The molecule has 1 saturated carbocycles. The number of carbonyl (C=O) groups excluding carboxylic acids is 3. The number of hydrogen-bond donors (Lipinski definition) is 1. The quantitative estimate of drug-likeness (QED) is 0.615. The van der Waals surface area contributed by atoms with Gasteiger partial charge in [-0.1, -0.05) is 36.4 Å². The van der Waals surface area contributed by atoms with Gasteiger partial charge < -0.3 is 19.9 Å². The van der Waals surface area contributed by atoms with E-state index in [2.05, 4.69) is 5.32 Å². The molecule has 0 aromatic heterocycles. The Morgan fingerprint density at radius 2 is 1.84 bits per heavy atom. The van der Waals surface area contributed by atoms with E-state index in [1.165, 1.54) is 0 Å². The van der Waals surface area contributed by atoms with Gasteiger partial charge in [0.15, 0.2) is 0 Å². The van der Waals surface area contributed by atoms with Crippen molar-refractivity contribution in [1.29, 1.82) is 0 Å².